The van der Waals surface area contributed by atoms with Crippen LogP contribution in [0.5, 0.6) is 0 Å². The zero-order valence-corrected chi connectivity index (χ0v) is 11.6. The fraction of sp³-hybridized carbons (Fsp3) is 0.812. The summed E-state index contributed by atoms with van der Waals surface area (Å²) in [5.74, 6) is 4.30. The van der Waals surface area contributed by atoms with Crippen molar-refractivity contribution in [3.8, 4) is 0 Å². The molecule has 0 spiro atoms. The van der Waals surface area contributed by atoms with Crippen molar-refractivity contribution in [1.82, 2.24) is 0 Å². The molecule has 108 valence electrons. The molecule has 7 unspecified atom stereocenters. The van der Waals surface area contributed by atoms with Gasteiger partial charge in [0.2, 0.25) is 0 Å². The summed E-state index contributed by atoms with van der Waals surface area (Å²) in [7, 11) is 0. The molecule has 4 aliphatic carbocycles. The summed E-state index contributed by atoms with van der Waals surface area (Å²) in [4.78, 5) is 11.3. The van der Waals surface area contributed by atoms with Crippen LogP contribution in [-0.2, 0) is 19.0 Å². The lowest BCUT2D eigenvalue weighted by Crippen LogP contribution is -2.57. The zero-order valence-electron chi connectivity index (χ0n) is 11.6. The number of rotatable bonds is 4. The van der Waals surface area contributed by atoms with Crippen LogP contribution in [0, 0.1) is 35.5 Å². The second kappa shape index (κ2) is 3.79. The molecule has 6 fully saturated rings. The monoisotopic (exact) mass is 276 g/mol. The van der Waals surface area contributed by atoms with Crippen LogP contribution in [0.3, 0.4) is 0 Å². The molecule has 6 bridgehead atoms. The van der Waals surface area contributed by atoms with Crippen LogP contribution >= 0.6 is 0 Å². The molecule has 4 saturated carbocycles. The fourth-order valence-corrected chi connectivity index (χ4v) is 6.36. The topological polar surface area (TPSA) is 44.8 Å². The molecular formula is C16H20O4. The van der Waals surface area contributed by atoms with E-state index >= 15 is 0 Å². The Kier molecular flexibility index (Phi) is 2.20. The predicted molar refractivity (Wildman–Crippen MR) is 69.5 cm³/mol. The van der Waals surface area contributed by atoms with E-state index in [9.17, 15) is 4.79 Å². The van der Waals surface area contributed by atoms with Gasteiger partial charge in [-0.05, 0) is 49.4 Å². The maximum atomic E-state index is 11.3. The summed E-state index contributed by atoms with van der Waals surface area (Å²) < 4.78 is 17.0. The molecule has 9 atom stereocenters. The summed E-state index contributed by atoms with van der Waals surface area (Å²) in [6, 6.07) is 0. The first-order chi connectivity index (χ1) is 9.79. The molecule has 4 nitrogen and oxygen atoms in total. The van der Waals surface area contributed by atoms with Crippen LogP contribution in [-0.4, -0.2) is 30.9 Å². The second-order valence-electron chi connectivity index (χ2n) is 6.99. The van der Waals surface area contributed by atoms with E-state index in [0.29, 0.717) is 30.8 Å². The van der Waals surface area contributed by atoms with E-state index in [0.717, 1.165) is 36.0 Å². The third-order valence-electron chi connectivity index (χ3n) is 6.56. The van der Waals surface area contributed by atoms with E-state index in [-0.39, 0.29) is 5.97 Å². The van der Waals surface area contributed by atoms with E-state index in [2.05, 4.69) is 0 Å². The molecule has 0 N–H and O–H groups in total. The minimum absolute atomic E-state index is 0.292. The van der Waals surface area contributed by atoms with Gasteiger partial charge in [-0.1, -0.05) is 0 Å². The average Bonchev–Trinajstić information content (AvgIpc) is 3.10. The van der Waals surface area contributed by atoms with Gasteiger partial charge in [0.15, 0.2) is 0 Å². The van der Waals surface area contributed by atoms with E-state index < -0.39 is 0 Å². The van der Waals surface area contributed by atoms with Crippen molar-refractivity contribution < 1.29 is 19.0 Å². The van der Waals surface area contributed by atoms with Crippen molar-refractivity contribution >= 4 is 5.97 Å². The highest BCUT2D eigenvalue weighted by Crippen LogP contribution is 2.75. The Morgan fingerprint density at radius 2 is 1.95 bits per heavy atom. The van der Waals surface area contributed by atoms with Gasteiger partial charge >= 0.3 is 5.97 Å². The van der Waals surface area contributed by atoms with Gasteiger partial charge in [0.1, 0.15) is 6.10 Å². The molecule has 2 aliphatic heterocycles. The van der Waals surface area contributed by atoms with Gasteiger partial charge < -0.3 is 14.2 Å². The Bertz CT molecular complexity index is 485. The third-order valence-corrected chi connectivity index (χ3v) is 6.56. The third kappa shape index (κ3) is 1.20. The standard InChI is InChI=1S/C16H20O4/c1-2-18-11(17)3-4-19-10-6-9-12-7-5-8-14(13(7)10)16(9)20-15(8)12/h3-4,7-10,12-16H,2,5-6H2,1H3/b4-3+/t7?,8?,9?,10-,12?,13?,14?,15?,16-/m1/s1. The first kappa shape index (κ1) is 11.6. The summed E-state index contributed by atoms with van der Waals surface area (Å²) in [6.45, 7) is 2.22. The quantitative estimate of drug-likeness (QED) is 0.446. The van der Waals surface area contributed by atoms with Gasteiger partial charge in [0.25, 0.3) is 0 Å². The average molecular weight is 276 g/mol. The molecule has 4 heteroatoms. The van der Waals surface area contributed by atoms with Gasteiger partial charge in [0.05, 0.1) is 31.2 Å². The predicted octanol–water partition coefficient (Wildman–Crippen LogP) is 1.75. The van der Waals surface area contributed by atoms with Gasteiger partial charge in [-0.2, -0.15) is 0 Å². The Morgan fingerprint density at radius 3 is 2.80 bits per heavy atom. The second-order valence-corrected chi connectivity index (χ2v) is 6.99. The Morgan fingerprint density at radius 1 is 1.15 bits per heavy atom. The molecular weight excluding hydrogens is 256 g/mol. The van der Waals surface area contributed by atoms with Crippen LogP contribution in [0.2, 0.25) is 0 Å². The smallest absolute Gasteiger partial charge is 0.333 e. The molecule has 0 aromatic heterocycles. The van der Waals surface area contributed by atoms with Crippen molar-refractivity contribution in [2.24, 2.45) is 35.5 Å². The number of esters is 1. The highest BCUT2D eigenvalue weighted by Gasteiger charge is 2.77. The van der Waals surface area contributed by atoms with Crippen LogP contribution in [0.1, 0.15) is 19.8 Å². The number of fused-ring (bicyclic) bond motifs is 1. The normalized spacial score (nSPS) is 56.4. The SMILES string of the molecule is CCOC(=O)/C=C/O[C@@H]1CC2C3C4CC5C3O[C@H]2C5C41. The van der Waals surface area contributed by atoms with Crippen LogP contribution in [0.25, 0.3) is 0 Å². The van der Waals surface area contributed by atoms with Crippen molar-refractivity contribution in [2.75, 3.05) is 6.61 Å². The number of carbonyl (C=O) groups excluding carboxylic acids is 1. The van der Waals surface area contributed by atoms with Crippen molar-refractivity contribution in [3.05, 3.63) is 12.3 Å². The molecule has 0 aromatic carbocycles. The maximum absolute atomic E-state index is 11.3. The first-order valence-corrected chi connectivity index (χ1v) is 7.94. The van der Waals surface area contributed by atoms with E-state index in [1.807, 2.05) is 6.92 Å². The van der Waals surface area contributed by atoms with E-state index in [1.54, 1.807) is 6.26 Å². The summed E-state index contributed by atoms with van der Waals surface area (Å²) in [5, 5.41) is 0. The molecule has 0 amide bonds. The molecule has 6 rings (SSSR count). The molecule has 6 aliphatic rings. The lowest BCUT2D eigenvalue weighted by atomic mass is 9.52. The van der Waals surface area contributed by atoms with Gasteiger partial charge in [-0.15, -0.1) is 0 Å². The summed E-state index contributed by atoms with van der Waals surface area (Å²) in [6.07, 6.45) is 6.85. The molecule has 0 aromatic rings. The minimum atomic E-state index is -0.315. The van der Waals surface area contributed by atoms with E-state index in [1.165, 1.54) is 12.5 Å². The van der Waals surface area contributed by atoms with Gasteiger partial charge in [-0.25, -0.2) is 4.79 Å². The van der Waals surface area contributed by atoms with Gasteiger partial charge in [0, 0.05) is 5.92 Å². The maximum Gasteiger partial charge on any atom is 0.333 e. The fourth-order valence-electron chi connectivity index (χ4n) is 6.36. The minimum Gasteiger partial charge on any atom is -0.497 e. The van der Waals surface area contributed by atoms with Gasteiger partial charge in [-0.3, -0.25) is 0 Å². The Hall–Kier alpha value is -1.03. The summed E-state index contributed by atoms with van der Waals surface area (Å²) in [5.41, 5.74) is 0. The van der Waals surface area contributed by atoms with Crippen LogP contribution < -0.4 is 0 Å². The first-order valence-electron chi connectivity index (χ1n) is 7.94. The van der Waals surface area contributed by atoms with Crippen molar-refractivity contribution in [3.63, 3.8) is 0 Å². The molecule has 2 saturated heterocycles. The highest BCUT2D eigenvalue weighted by molar-refractivity contribution is 5.81. The molecule has 20 heavy (non-hydrogen) atoms. The summed E-state index contributed by atoms with van der Waals surface area (Å²) >= 11 is 0. The Balaban J connectivity index is 1.31. The number of ether oxygens (including phenoxy) is 3. The molecule has 0 radical (unpaired) electrons. The lowest BCUT2D eigenvalue weighted by molar-refractivity contribution is -0.137. The zero-order chi connectivity index (χ0) is 13.4. The lowest BCUT2D eigenvalue weighted by Gasteiger charge is -2.53. The molecule has 2 heterocycles. The van der Waals surface area contributed by atoms with Crippen LogP contribution in [0.4, 0.5) is 0 Å². The number of hydrogen-bond acceptors (Lipinski definition) is 4. The number of carbonyl (C=O) groups is 1. The van der Waals surface area contributed by atoms with Crippen molar-refractivity contribution in [2.45, 2.75) is 38.1 Å². The number of hydrogen-bond donors (Lipinski definition) is 0. The van der Waals surface area contributed by atoms with E-state index in [4.69, 9.17) is 14.2 Å². The van der Waals surface area contributed by atoms with Crippen LogP contribution in [0.15, 0.2) is 12.3 Å². The van der Waals surface area contributed by atoms with Crippen molar-refractivity contribution in [1.29, 1.82) is 0 Å². The Labute approximate surface area is 118 Å². The highest BCUT2D eigenvalue weighted by atomic mass is 16.5. The largest absolute Gasteiger partial charge is 0.497 e.